The summed E-state index contributed by atoms with van der Waals surface area (Å²) < 4.78 is 0. The van der Waals surface area contributed by atoms with Crippen LogP contribution >= 0.6 is 11.6 Å². The molecule has 178 valence electrons. The van der Waals surface area contributed by atoms with Gasteiger partial charge in [-0.25, -0.2) is 9.97 Å². The first-order valence-corrected chi connectivity index (χ1v) is 13.0. The van der Waals surface area contributed by atoms with E-state index in [-0.39, 0.29) is 6.10 Å². The van der Waals surface area contributed by atoms with Gasteiger partial charge in [-0.1, -0.05) is 24.4 Å². The number of hydrogen-bond donors (Lipinski definition) is 3. The summed E-state index contributed by atoms with van der Waals surface area (Å²) in [6, 6.07) is 4.76. The van der Waals surface area contributed by atoms with Gasteiger partial charge in [-0.2, -0.15) is 4.98 Å². The lowest BCUT2D eigenvalue weighted by Gasteiger charge is -2.36. The predicted octanol–water partition coefficient (Wildman–Crippen LogP) is 5.11. The Kier molecular flexibility index (Phi) is 7.28. The Morgan fingerprint density at radius 2 is 1.73 bits per heavy atom. The highest BCUT2D eigenvalue weighted by Crippen LogP contribution is 2.36. The van der Waals surface area contributed by atoms with Crippen LogP contribution in [0.15, 0.2) is 24.5 Å². The highest BCUT2D eigenvalue weighted by Gasteiger charge is 2.30. The first-order chi connectivity index (χ1) is 16.1. The summed E-state index contributed by atoms with van der Waals surface area (Å²) in [6.45, 7) is 2.33. The standard InChI is InChI=1S/C25H35ClN6O/c26-23-15-19(9-12-27-23)30-25-28-16-22(24(31-25)29-18-5-7-21(33)8-6-18)17-10-13-32(14-11-17)20-3-1-2-4-20/h9,12,15-18,20-21,33H,1-8,10-11,13-14H2,(H2,27,28,29,30,31)/t18-,21-. The number of aromatic nitrogens is 3. The Morgan fingerprint density at radius 3 is 2.45 bits per heavy atom. The number of anilines is 3. The molecule has 0 radical (unpaired) electrons. The van der Waals surface area contributed by atoms with Crippen LogP contribution < -0.4 is 10.6 Å². The van der Waals surface area contributed by atoms with Crippen LogP contribution in [0.25, 0.3) is 0 Å². The Bertz CT molecular complexity index is 921. The zero-order valence-electron chi connectivity index (χ0n) is 19.2. The van der Waals surface area contributed by atoms with E-state index in [9.17, 15) is 5.11 Å². The van der Waals surface area contributed by atoms with Gasteiger partial charge in [-0.15, -0.1) is 0 Å². The first-order valence-electron chi connectivity index (χ1n) is 12.6. The third kappa shape index (κ3) is 5.76. The van der Waals surface area contributed by atoms with Crippen molar-refractivity contribution in [2.75, 3.05) is 23.7 Å². The molecule has 0 bridgehead atoms. The third-order valence-electron chi connectivity index (χ3n) is 7.65. The summed E-state index contributed by atoms with van der Waals surface area (Å²) in [4.78, 5) is 16.3. The normalized spacial score (nSPS) is 25.3. The Hall–Kier alpha value is -1.96. The highest BCUT2D eigenvalue weighted by molar-refractivity contribution is 6.29. The van der Waals surface area contributed by atoms with Crippen molar-refractivity contribution in [3.63, 3.8) is 0 Å². The molecule has 1 saturated heterocycles. The maximum atomic E-state index is 9.91. The molecule has 0 atom stereocenters. The van der Waals surface area contributed by atoms with Gasteiger partial charge in [0.05, 0.1) is 6.10 Å². The van der Waals surface area contributed by atoms with Gasteiger partial charge in [0.15, 0.2) is 0 Å². The van der Waals surface area contributed by atoms with E-state index in [2.05, 4.69) is 25.5 Å². The van der Waals surface area contributed by atoms with Crippen molar-refractivity contribution in [1.82, 2.24) is 19.9 Å². The van der Waals surface area contributed by atoms with Crippen molar-refractivity contribution in [3.8, 4) is 0 Å². The number of nitrogens with one attached hydrogen (secondary N) is 2. The fraction of sp³-hybridized carbons (Fsp3) is 0.640. The van der Waals surface area contributed by atoms with Gasteiger partial charge in [-0.05, 0) is 82.5 Å². The molecule has 0 amide bonds. The SMILES string of the molecule is O[C@H]1CC[C@H](Nc2nc(Nc3ccnc(Cl)c3)ncc2C2CCN(C3CCCC3)CC2)CC1. The summed E-state index contributed by atoms with van der Waals surface area (Å²) in [5.74, 6) is 1.97. The Morgan fingerprint density at radius 1 is 0.970 bits per heavy atom. The average Bonchev–Trinajstić information content (AvgIpc) is 3.36. The van der Waals surface area contributed by atoms with E-state index in [1.807, 2.05) is 12.3 Å². The lowest BCUT2D eigenvalue weighted by Crippen LogP contribution is -2.39. The molecule has 0 spiro atoms. The molecule has 2 aliphatic carbocycles. The molecular formula is C25H35ClN6O. The summed E-state index contributed by atoms with van der Waals surface area (Å²) in [6.07, 6.45) is 15.0. The number of aliphatic hydroxyl groups excluding tert-OH is 1. The lowest BCUT2D eigenvalue weighted by molar-refractivity contribution is 0.126. The molecule has 3 fully saturated rings. The average molecular weight is 471 g/mol. The Balaban J connectivity index is 1.33. The quantitative estimate of drug-likeness (QED) is 0.506. The van der Waals surface area contributed by atoms with Crippen molar-refractivity contribution < 1.29 is 5.11 Å². The summed E-state index contributed by atoms with van der Waals surface area (Å²) in [5, 5.41) is 17.3. The topological polar surface area (TPSA) is 86.2 Å². The van der Waals surface area contributed by atoms with Crippen molar-refractivity contribution in [2.24, 2.45) is 0 Å². The molecule has 7 nitrogen and oxygen atoms in total. The van der Waals surface area contributed by atoms with E-state index < -0.39 is 0 Å². The zero-order valence-corrected chi connectivity index (χ0v) is 20.0. The number of rotatable bonds is 6. The van der Waals surface area contributed by atoms with Gasteiger partial charge in [0.2, 0.25) is 5.95 Å². The molecule has 1 aliphatic heterocycles. The van der Waals surface area contributed by atoms with Crippen LogP contribution in [-0.2, 0) is 0 Å². The number of nitrogens with zero attached hydrogens (tertiary/aromatic N) is 4. The summed E-state index contributed by atoms with van der Waals surface area (Å²) >= 11 is 6.04. The second-order valence-electron chi connectivity index (χ2n) is 9.89. The van der Waals surface area contributed by atoms with Crippen LogP contribution in [0.3, 0.4) is 0 Å². The molecule has 0 unspecified atom stereocenters. The molecule has 33 heavy (non-hydrogen) atoms. The predicted molar refractivity (Wildman–Crippen MR) is 132 cm³/mol. The monoisotopic (exact) mass is 470 g/mol. The van der Waals surface area contributed by atoms with E-state index in [1.165, 1.54) is 44.3 Å². The second kappa shape index (κ2) is 10.5. The van der Waals surface area contributed by atoms with E-state index >= 15 is 0 Å². The van der Waals surface area contributed by atoms with Crippen LogP contribution in [0, 0.1) is 0 Å². The number of piperidine rings is 1. The van der Waals surface area contributed by atoms with Gasteiger partial charge >= 0.3 is 0 Å². The van der Waals surface area contributed by atoms with Gasteiger partial charge in [-0.3, -0.25) is 0 Å². The summed E-state index contributed by atoms with van der Waals surface area (Å²) in [7, 11) is 0. The first kappa shape index (κ1) is 22.8. The smallest absolute Gasteiger partial charge is 0.229 e. The minimum Gasteiger partial charge on any atom is -0.393 e. The van der Waals surface area contributed by atoms with Crippen LogP contribution in [0.1, 0.15) is 75.7 Å². The van der Waals surface area contributed by atoms with Crippen molar-refractivity contribution in [2.45, 2.75) is 88.3 Å². The number of pyridine rings is 1. The number of aliphatic hydroxyl groups is 1. The highest BCUT2D eigenvalue weighted by atomic mass is 35.5. The van der Waals surface area contributed by atoms with Crippen molar-refractivity contribution in [3.05, 3.63) is 35.2 Å². The Labute approximate surface area is 201 Å². The van der Waals surface area contributed by atoms with Crippen LogP contribution in [0.5, 0.6) is 0 Å². The van der Waals surface area contributed by atoms with Crippen molar-refractivity contribution >= 4 is 29.1 Å². The van der Waals surface area contributed by atoms with Crippen LogP contribution in [0.2, 0.25) is 5.15 Å². The van der Waals surface area contributed by atoms with E-state index in [4.69, 9.17) is 16.6 Å². The fourth-order valence-electron chi connectivity index (χ4n) is 5.73. The van der Waals surface area contributed by atoms with E-state index in [0.717, 1.165) is 56.1 Å². The van der Waals surface area contributed by atoms with Gasteiger partial charge in [0.1, 0.15) is 11.0 Å². The van der Waals surface area contributed by atoms with Gasteiger partial charge in [0.25, 0.3) is 0 Å². The molecule has 3 N–H and O–H groups in total. The lowest BCUT2D eigenvalue weighted by atomic mass is 9.88. The number of hydrogen-bond acceptors (Lipinski definition) is 7. The van der Waals surface area contributed by atoms with E-state index in [0.29, 0.717) is 23.1 Å². The molecule has 2 saturated carbocycles. The van der Waals surface area contributed by atoms with Crippen molar-refractivity contribution in [1.29, 1.82) is 0 Å². The molecule has 8 heteroatoms. The van der Waals surface area contributed by atoms with Gasteiger partial charge in [0, 0.05) is 35.7 Å². The molecular weight excluding hydrogens is 436 g/mol. The maximum absolute atomic E-state index is 9.91. The molecule has 3 heterocycles. The number of halogens is 1. The molecule has 5 rings (SSSR count). The molecule has 2 aromatic rings. The second-order valence-corrected chi connectivity index (χ2v) is 10.3. The molecule has 2 aromatic heterocycles. The fourth-order valence-corrected chi connectivity index (χ4v) is 5.91. The maximum Gasteiger partial charge on any atom is 0.229 e. The largest absolute Gasteiger partial charge is 0.393 e. The van der Waals surface area contributed by atoms with Crippen LogP contribution in [-0.4, -0.2) is 56.2 Å². The van der Waals surface area contributed by atoms with E-state index in [1.54, 1.807) is 12.3 Å². The minimum absolute atomic E-state index is 0.165. The minimum atomic E-state index is -0.165. The third-order valence-corrected chi connectivity index (χ3v) is 7.85. The van der Waals surface area contributed by atoms with Crippen LogP contribution in [0.4, 0.5) is 17.5 Å². The molecule has 0 aromatic carbocycles. The molecule has 3 aliphatic rings. The number of likely N-dealkylation sites (tertiary alicyclic amines) is 1. The van der Waals surface area contributed by atoms with Gasteiger partial charge < -0.3 is 20.6 Å². The zero-order chi connectivity index (χ0) is 22.6. The summed E-state index contributed by atoms with van der Waals surface area (Å²) in [5.41, 5.74) is 2.05.